The minimum atomic E-state index is 0.311. The van der Waals surface area contributed by atoms with Crippen LogP contribution in [0.4, 0.5) is 0 Å². The van der Waals surface area contributed by atoms with E-state index < -0.39 is 0 Å². The van der Waals surface area contributed by atoms with Crippen molar-refractivity contribution in [2.75, 3.05) is 45.8 Å². The summed E-state index contributed by atoms with van der Waals surface area (Å²) in [5.41, 5.74) is 1.62. The monoisotopic (exact) mass is 253 g/mol. The average Bonchev–Trinajstić information content (AvgIpc) is 2.29. The molecular formula is C15H31N3. The van der Waals surface area contributed by atoms with Crippen LogP contribution in [0.25, 0.3) is 0 Å². The highest BCUT2D eigenvalue weighted by Gasteiger charge is 2.25. The molecule has 0 spiro atoms. The number of nitrogens with zero attached hydrogens (tertiary/aromatic N) is 2. The van der Waals surface area contributed by atoms with Crippen molar-refractivity contribution in [2.45, 2.75) is 39.7 Å². The van der Waals surface area contributed by atoms with Crippen LogP contribution in [0.15, 0.2) is 12.2 Å². The third kappa shape index (κ3) is 5.51. The quantitative estimate of drug-likeness (QED) is 0.577. The lowest BCUT2D eigenvalue weighted by molar-refractivity contribution is 0.0662. The highest BCUT2D eigenvalue weighted by atomic mass is 15.3. The largest absolute Gasteiger partial charge is 0.313 e. The van der Waals surface area contributed by atoms with Crippen LogP contribution in [0, 0.1) is 0 Å². The number of hydrogen-bond donors (Lipinski definition) is 1. The molecular weight excluding hydrogens is 222 g/mol. The normalized spacial score (nSPS) is 19.1. The van der Waals surface area contributed by atoms with Crippen LogP contribution in [-0.4, -0.2) is 61.2 Å². The molecule has 0 aromatic rings. The van der Waals surface area contributed by atoms with Gasteiger partial charge in [0.25, 0.3) is 0 Å². The van der Waals surface area contributed by atoms with E-state index in [-0.39, 0.29) is 0 Å². The fourth-order valence-corrected chi connectivity index (χ4v) is 2.39. The summed E-state index contributed by atoms with van der Waals surface area (Å²) in [5.74, 6) is 0. The summed E-state index contributed by atoms with van der Waals surface area (Å²) in [6.45, 7) is 21.1. The van der Waals surface area contributed by atoms with E-state index >= 15 is 0 Å². The molecule has 1 saturated heterocycles. The molecule has 0 aromatic carbocycles. The molecule has 0 atom stereocenters. The molecule has 0 unspecified atom stereocenters. The van der Waals surface area contributed by atoms with E-state index in [1.807, 2.05) is 0 Å². The topological polar surface area (TPSA) is 18.5 Å². The van der Waals surface area contributed by atoms with E-state index in [4.69, 9.17) is 0 Å². The zero-order valence-electron chi connectivity index (χ0n) is 12.8. The first-order valence-electron chi connectivity index (χ1n) is 7.28. The second kappa shape index (κ2) is 7.27. The molecule has 3 heteroatoms. The van der Waals surface area contributed by atoms with Gasteiger partial charge in [-0.15, -0.1) is 0 Å². The van der Waals surface area contributed by atoms with Crippen molar-refractivity contribution >= 4 is 0 Å². The summed E-state index contributed by atoms with van der Waals surface area (Å²) in [5, 5.41) is 3.42. The van der Waals surface area contributed by atoms with Gasteiger partial charge in [0.2, 0.25) is 0 Å². The first kappa shape index (κ1) is 15.7. The van der Waals surface area contributed by atoms with Gasteiger partial charge in [-0.3, -0.25) is 9.80 Å². The van der Waals surface area contributed by atoms with Gasteiger partial charge in [0.05, 0.1) is 0 Å². The predicted molar refractivity (Wildman–Crippen MR) is 80.1 cm³/mol. The molecule has 1 heterocycles. The summed E-state index contributed by atoms with van der Waals surface area (Å²) in [4.78, 5) is 5.10. The van der Waals surface area contributed by atoms with Crippen molar-refractivity contribution in [3.8, 4) is 0 Å². The molecule has 1 aliphatic rings. The molecule has 0 radical (unpaired) electrons. The van der Waals surface area contributed by atoms with Gasteiger partial charge in [-0.05, 0) is 39.3 Å². The van der Waals surface area contributed by atoms with Gasteiger partial charge in [-0.2, -0.15) is 0 Å². The second-order valence-electron chi connectivity index (χ2n) is 6.36. The molecule has 0 amide bonds. The van der Waals surface area contributed by atoms with E-state index in [1.165, 1.54) is 38.2 Å². The van der Waals surface area contributed by atoms with Crippen molar-refractivity contribution in [1.82, 2.24) is 15.1 Å². The Labute approximate surface area is 113 Å². The molecule has 1 N–H and O–H groups in total. The smallest absolute Gasteiger partial charge is 0.0203 e. The van der Waals surface area contributed by atoms with E-state index in [9.17, 15) is 0 Å². The lowest BCUT2D eigenvalue weighted by Gasteiger charge is -2.42. The molecule has 0 aliphatic carbocycles. The van der Waals surface area contributed by atoms with E-state index in [2.05, 4.69) is 49.4 Å². The van der Waals surface area contributed by atoms with E-state index in [1.54, 1.807) is 0 Å². The van der Waals surface area contributed by atoms with Crippen molar-refractivity contribution in [2.24, 2.45) is 0 Å². The number of nitrogens with one attached hydrogen (secondary N) is 1. The van der Waals surface area contributed by atoms with Gasteiger partial charge in [0.15, 0.2) is 0 Å². The van der Waals surface area contributed by atoms with Gasteiger partial charge in [-0.1, -0.05) is 13.5 Å². The van der Waals surface area contributed by atoms with Gasteiger partial charge in [-0.25, -0.2) is 0 Å². The zero-order valence-corrected chi connectivity index (χ0v) is 12.8. The standard InChI is InChI=1S/C15H31N3/c1-6-7-16-12-14(2)13-17-8-10-18(11-9-17)15(3,4)5/h16H,2,6-13H2,1,3-5H3. The Kier molecular flexibility index (Phi) is 6.33. The van der Waals surface area contributed by atoms with Crippen molar-refractivity contribution in [1.29, 1.82) is 0 Å². The Hall–Kier alpha value is -0.380. The van der Waals surface area contributed by atoms with Crippen molar-refractivity contribution in [3.05, 3.63) is 12.2 Å². The number of piperazine rings is 1. The lowest BCUT2D eigenvalue weighted by atomic mass is 10.0. The predicted octanol–water partition coefficient (Wildman–Crippen LogP) is 1.96. The molecule has 0 bridgehead atoms. The average molecular weight is 253 g/mol. The zero-order chi connectivity index (χ0) is 13.6. The maximum Gasteiger partial charge on any atom is 0.0203 e. The molecule has 0 aromatic heterocycles. The minimum absolute atomic E-state index is 0.311. The van der Waals surface area contributed by atoms with Crippen molar-refractivity contribution in [3.63, 3.8) is 0 Å². The van der Waals surface area contributed by atoms with Crippen LogP contribution < -0.4 is 5.32 Å². The third-order valence-electron chi connectivity index (χ3n) is 3.57. The van der Waals surface area contributed by atoms with E-state index in [0.717, 1.165) is 19.6 Å². The number of hydrogen-bond acceptors (Lipinski definition) is 3. The van der Waals surface area contributed by atoms with Gasteiger partial charge >= 0.3 is 0 Å². The van der Waals surface area contributed by atoms with Gasteiger partial charge < -0.3 is 5.32 Å². The number of rotatable bonds is 6. The maximum absolute atomic E-state index is 4.17. The lowest BCUT2D eigenvalue weighted by Crippen LogP contribution is -2.53. The van der Waals surface area contributed by atoms with Crippen LogP contribution in [0.3, 0.4) is 0 Å². The highest BCUT2D eigenvalue weighted by molar-refractivity contribution is 5.00. The van der Waals surface area contributed by atoms with Crippen LogP contribution in [0.2, 0.25) is 0 Å². The molecule has 1 fully saturated rings. The Balaban J connectivity index is 2.21. The second-order valence-corrected chi connectivity index (χ2v) is 6.36. The third-order valence-corrected chi connectivity index (χ3v) is 3.57. The summed E-state index contributed by atoms with van der Waals surface area (Å²) in [6, 6.07) is 0. The summed E-state index contributed by atoms with van der Waals surface area (Å²) in [6.07, 6.45) is 1.19. The summed E-state index contributed by atoms with van der Waals surface area (Å²) in [7, 11) is 0. The fraction of sp³-hybridized carbons (Fsp3) is 0.867. The van der Waals surface area contributed by atoms with Crippen molar-refractivity contribution < 1.29 is 0 Å². The van der Waals surface area contributed by atoms with Crippen LogP contribution in [0.5, 0.6) is 0 Å². The molecule has 1 rings (SSSR count). The molecule has 18 heavy (non-hydrogen) atoms. The fourth-order valence-electron chi connectivity index (χ4n) is 2.39. The highest BCUT2D eigenvalue weighted by Crippen LogP contribution is 2.15. The Bertz CT molecular complexity index is 247. The molecule has 0 saturated carbocycles. The first-order valence-corrected chi connectivity index (χ1v) is 7.28. The minimum Gasteiger partial charge on any atom is -0.313 e. The molecule has 3 nitrogen and oxygen atoms in total. The van der Waals surface area contributed by atoms with E-state index in [0.29, 0.717) is 5.54 Å². The Morgan fingerprint density at radius 3 is 2.28 bits per heavy atom. The van der Waals surface area contributed by atoms with Crippen LogP contribution in [0.1, 0.15) is 34.1 Å². The Morgan fingerprint density at radius 2 is 1.78 bits per heavy atom. The molecule has 1 aliphatic heterocycles. The SMILES string of the molecule is C=C(CNCCC)CN1CCN(C(C)(C)C)CC1. The van der Waals surface area contributed by atoms with Gasteiger partial charge in [0, 0.05) is 44.8 Å². The summed E-state index contributed by atoms with van der Waals surface area (Å²) >= 11 is 0. The maximum atomic E-state index is 4.17. The van der Waals surface area contributed by atoms with Crippen LogP contribution >= 0.6 is 0 Å². The molecule has 106 valence electrons. The first-order chi connectivity index (χ1) is 8.43. The van der Waals surface area contributed by atoms with Gasteiger partial charge in [0.1, 0.15) is 0 Å². The Morgan fingerprint density at radius 1 is 1.17 bits per heavy atom. The summed E-state index contributed by atoms with van der Waals surface area (Å²) < 4.78 is 0. The van der Waals surface area contributed by atoms with Crippen LogP contribution in [-0.2, 0) is 0 Å².